The molecule has 1 aromatic heterocycles. The van der Waals surface area contributed by atoms with Gasteiger partial charge < -0.3 is 19.5 Å². The van der Waals surface area contributed by atoms with Crippen molar-refractivity contribution in [2.24, 2.45) is 5.92 Å². The number of aromatic amines is 1. The molecule has 3 heterocycles. The smallest absolute Gasteiger partial charge is 0.226 e. The Morgan fingerprint density at radius 2 is 2.11 bits per heavy atom. The van der Waals surface area contributed by atoms with E-state index in [-0.39, 0.29) is 23.7 Å². The first-order chi connectivity index (χ1) is 13.2. The topological polar surface area (TPSA) is 61.5 Å². The van der Waals surface area contributed by atoms with Gasteiger partial charge in [-0.15, -0.1) is 0 Å². The monoisotopic (exact) mass is 374 g/mol. The molecule has 0 spiro atoms. The van der Waals surface area contributed by atoms with Crippen LogP contribution < -0.4 is 0 Å². The van der Waals surface area contributed by atoms with E-state index in [2.05, 4.69) is 14.9 Å². The molecule has 27 heavy (non-hydrogen) atoms. The molecule has 0 unspecified atom stereocenters. The number of aromatic nitrogens is 2. The summed E-state index contributed by atoms with van der Waals surface area (Å²) in [7, 11) is 1.72. The van der Waals surface area contributed by atoms with E-state index in [9.17, 15) is 9.18 Å². The number of carbonyl (C=O) groups excluding carboxylic acids is 1. The van der Waals surface area contributed by atoms with Crippen LogP contribution in [0, 0.1) is 11.7 Å². The van der Waals surface area contributed by atoms with Crippen LogP contribution in [-0.2, 0) is 9.53 Å². The molecular formula is C20H27FN4O2. The lowest BCUT2D eigenvalue weighted by molar-refractivity contribution is -0.138. The van der Waals surface area contributed by atoms with Crippen molar-refractivity contribution < 1.29 is 13.9 Å². The highest BCUT2D eigenvalue weighted by Gasteiger charge is 2.36. The molecule has 1 atom stereocenters. The number of rotatable bonds is 5. The summed E-state index contributed by atoms with van der Waals surface area (Å²) in [6.45, 7) is 4.34. The fraction of sp³-hybridized carbons (Fsp3) is 0.600. The van der Waals surface area contributed by atoms with Crippen molar-refractivity contribution in [2.75, 3.05) is 39.9 Å². The Morgan fingerprint density at radius 1 is 1.30 bits per heavy atom. The minimum atomic E-state index is -0.280. The third kappa shape index (κ3) is 3.84. The van der Waals surface area contributed by atoms with E-state index in [1.165, 1.54) is 12.1 Å². The highest BCUT2D eigenvalue weighted by Crippen LogP contribution is 2.34. The van der Waals surface area contributed by atoms with Gasteiger partial charge in [0.2, 0.25) is 5.91 Å². The van der Waals surface area contributed by atoms with Crippen LogP contribution in [0.15, 0.2) is 18.2 Å². The van der Waals surface area contributed by atoms with E-state index < -0.39 is 0 Å². The van der Waals surface area contributed by atoms with Crippen LogP contribution in [0.1, 0.15) is 37.5 Å². The number of benzene rings is 1. The fourth-order valence-electron chi connectivity index (χ4n) is 4.33. The molecule has 2 aliphatic heterocycles. The number of nitrogens with one attached hydrogen (secondary N) is 1. The highest BCUT2D eigenvalue weighted by molar-refractivity contribution is 5.80. The zero-order valence-corrected chi connectivity index (χ0v) is 15.8. The van der Waals surface area contributed by atoms with Gasteiger partial charge in [0, 0.05) is 26.1 Å². The number of hydrogen-bond acceptors (Lipinski definition) is 4. The maximum Gasteiger partial charge on any atom is 0.226 e. The van der Waals surface area contributed by atoms with E-state index in [1.807, 2.05) is 4.90 Å². The van der Waals surface area contributed by atoms with Crippen molar-refractivity contribution in [1.29, 1.82) is 0 Å². The van der Waals surface area contributed by atoms with Gasteiger partial charge in [0.05, 0.1) is 23.7 Å². The number of piperidine rings is 1. The highest BCUT2D eigenvalue weighted by atomic mass is 19.1. The average molecular weight is 374 g/mol. The number of methoxy groups -OCH3 is 1. The number of H-pyrrole nitrogens is 1. The van der Waals surface area contributed by atoms with Crippen LogP contribution in [0.4, 0.5) is 4.39 Å². The van der Waals surface area contributed by atoms with Crippen molar-refractivity contribution in [1.82, 2.24) is 19.8 Å². The standard InChI is InChI=1S/C20H27FN4O2/c1-27-12-11-24-9-6-14(7-10-24)20(26)25-8-2-3-18(25)19-22-16-5-4-15(21)13-17(16)23-19/h4-5,13-14,18H,2-3,6-12H2,1H3,(H,22,23)/t18-/m1/s1. The summed E-state index contributed by atoms with van der Waals surface area (Å²) in [6.07, 6.45) is 3.68. The van der Waals surface area contributed by atoms with E-state index in [0.717, 1.165) is 69.8 Å². The van der Waals surface area contributed by atoms with Crippen LogP contribution in [0.2, 0.25) is 0 Å². The van der Waals surface area contributed by atoms with Gasteiger partial charge in [-0.2, -0.15) is 0 Å². The normalized spacial score (nSPS) is 22.0. The van der Waals surface area contributed by atoms with Gasteiger partial charge in [-0.3, -0.25) is 4.79 Å². The van der Waals surface area contributed by atoms with Gasteiger partial charge in [0.15, 0.2) is 0 Å². The second-order valence-electron chi connectivity index (χ2n) is 7.58. The maximum absolute atomic E-state index is 13.5. The molecule has 7 heteroatoms. The third-order valence-electron chi connectivity index (χ3n) is 5.86. The molecule has 1 N–H and O–H groups in total. The minimum Gasteiger partial charge on any atom is -0.383 e. The summed E-state index contributed by atoms with van der Waals surface area (Å²) >= 11 is 0. The Labute approximate surface area is 158 Å². The lowest BCUT2D eigenvalue weighted by Gasteiger charge is -2.34. The molecule has 2 aliphatic rings. The van der Waals surface area contributed by atoms with E-state index in [0.29, 0.717) is 5.52 Å². The zero-order valence-electron chi connectivity index (χ0n) is 15.8. The lowest BCUT2D eigenvalue weighted by Crippen LogP contribution is -2.43. The molecule has 1 amide bonds. The van der Waals surface area contributed by atoms with Gasteiger partial charge in [-0.05, 0) is 57.0 Å². The number of hydrogen-bond donors (Lipinski definition) is 1. The van der Waals surface area contributed by atoms with Crippen molar-refractivity contribution in [3.63, 3.8) is 0 Å². The quantitative estimate of drug-likeness (QED) is 0.874. The van der Waals surface area contributed by atoms with Crippen LogP contribution in [0.3, 0.4) is 0 Å². The first kappa shape index (κ1) is 18.4. The second kappa shape index (κ2) is 7.94. The van der Waals surface area contributed by atoms with E-state index >= 15 is 0 Å². The van der Waals surface area contributed by atoms with Crippen molar-refractivity contribution in [3.05, 3.63) is 29.8 Å². The molecule has 0 saturated carbocycles. The number of halogens is 1. The van der Waals surface area contributed by atoms with Crippen LogP contribution in [0.25, 0.3) is 11.0 Å². The zero-order chi connectivity index (χ0) is 18.8. The van der Waals surface area contributed by atoms with E-state index in [1.54, 1.807) is 13.2 Å². The molecule has 146 valence electrons. The number of nitrogens with zero attached hydrogens (tertiary/aromatic N) is 3. The molecule has 6 nitrogen and oxygen atoms in total. The summed E-state index contributed by atoms with van der Waals surface area (Å²) in [5.41, 5.74) is 1.44. The number of imidazole rings is 1. The molecule has 0 bridgehead atoms. The van der Waals surface area contributed by atoms with Crippen molar-refractivity contribution in [2.45, 2.75) is 31.7 Å². The summed E-state index contributed by atoms with van der Waals surface area (Å²) in [5.74, 6) is 0.831. The second-order valence-corrected chi connectivity index (χ2v) is 7.58. The van der Waals surface area contributed by atoms with Gasteiger partial charge in [-0.25, -0.2) is 9.37 Å². The molecule has 2 fully saturated rings. The van der Waals surface area contributed by atoms with Crippen LogP contribution >= 0.6 is 0 Å². The minimum absolute atomic E-state index is 0.0283. The summed E-state index contributed by atoms with van der Waals surface area (Å²) in [5, 5.41) is 0. The maximum atomic E-state index is 13.5. The number of carbonyl (C=O) groups is 1. The summed E-state index contributed by atoms with van der Waals surface area (Å²) in [4.78, 5) is 25.4. The van der Waals surface area contributed by atoms with Crippen LogP contribution in [-0.4, -0.2) is 65.6 Å². The molecule has 2 aromatic rings. The molecule has 1 aromatic carbocycles. The predicted molar refractivity (Wildman–Crippen MR) is 101 cm³/mol. The summed E-state index contributed by atoms with van der Waals surface area (Å²) in [6, 6.07) is 4.53. The third-order valence-corrected chi connectivity index (χ3v) is 5.86. The Bertz CT molecular complexity index is 800. The lowest BCUT2D eigenvalue weighted by atomic mass is 9.95. The Kier molecular flexibility index (Phi) is 5.41. The Morgan fingerprint density at radius 3 is 2.89 bits per heavy atom. The largest absolute Gasteiger partial charge is 0.383 e. The van der Waals surface area contributed by atoms with Crippen molar-refractivity contribution >= 4 is 16.9 Å². The molecule has 4 rings (SSSR count). The Balaban J connectivity index is 1.44. The SMILES string of the molecule is COCCN1CCC(C(=O)N2CCC[C@@H]2c2nc3ccc(F)cc3[nH]2)CC1. The van der Waals surface area contributed by atoms with Gasteiger partial charge in [-0.1, -0.05) is 0 Å². The molecule has 2 saturated heterocycles. The average Bonchev–Trinajstić information content (AvgIpc) is 3.32. The van der Waals surface area contributed by atoms with Gasteiger partial charge in [0.1, 0.15) is 11.6 Å². The molecular weight excluding hydrogens is 347 g/mol. The van der Waals surface area contributed by atoms with Gasteiger partial charge >= 0.3 is 0 Å². The van der Waals surface area contributed by atoms with Crippen molar-refractivity contribution in [3.8, 4) is 0 Å². The molecule has 0 aliphatic carbocycles. The fourth-order valence-corrected chi connectivity index (χ4v) is 4.33. The molecule has 0 radical (unpaired) electrons. The predicted octanol–water partition coefficient (Wildman–Crippen LogP) is 2.72. The number of likely N-dealkylation sites (tertiary alicyclic amines) is 2. The number of ether oxygens (including phenoxy) is 1. The van der Waals surface area contributed by atoms with E-state index in [4.69, 9.17) is 4.74 Å². The first-order valence-electron chi connectivity index (χ1n) is 9.82. The number of amides is 1. The van der Waals surface area contributed by atoms with Crippen LogP contribution in [0.5, 0.6) is 0 Å². The Hall–Kier alpha value is -1.99. The summed E-state index contributed by atoms with van der Waals surface area (Å²) < 4.78 is 18.6. The number of fused-ring (bicyclic) bond motifs is 1. The first-order valence-corrected chi connectivity index (χ1v) is 9.82. The van der Waals surface area contributed by atoms with Gasteiger partial charge in [0.25, 0.3) is 0 Å².